The largest absolute Gasteiger partial charge is 0.466 e. The zero-order valence-corrected chi connectivity index (χ0v) is 14.2. The molecule has 3 rings (SSSR count). The fraction of sp³-hybridized carbons (Fsp3) is 0.333. The Labute approximate surface area is 151 Å². The van der Waals surface area contributed by atoms with Crippen LogP contribution in [0.1, 0.15) is 17.0 Å². The summed E-state index contributed by atoms with van der Waals surface area (Å²) in [6.07, 6.45) is -3.79. The predicted octanol–water partition coefficient (Wildman–Crippen LogP) is 2.53. The summed E-state index contributed by atoms with van der Waals surface area (Å²) in [5, 5.41) is 2.63. The number of cyclic esters (lactones) is 1. The monoisotopic (exact) mass is 385 g/mol. The molecule has 0 saturated heterocycles. The van der Waals surface area contributed by atoms with Crippen LogP contribution in [0.3, 0.4) is 0 Å². The van der Waals surface area contributed by atoms with E-state index >= 15 is 0 Å². The Hall–Kier alpha value is -2.84. The second-order valence-corrected chi connectivity index (χ2v) is 5.95. The van der Waals surface area contributed by atoms with E-state index in [9.17, 15) is 27.2 Å². The molecule has 0 saturated carbocycles. The SMILES string of the molecule is COC(=O)C1=C(CF)NC2=C(C(=O)OC2)[C@@H]1c1cccc(F)c1CC(F)F. The van der Waals surface area contributed by atoms with Crippen molar-refractivity contribution in [1.82, 2.24) is 5.32 Å². The van der Waals surface area contributed by atoms with Gasteiger partial charge < -0.3 is 14.8 Å². The zero-order valence-electron chi connectivity index (χ0n) is 14.2. The van der Waals surface area contributed by atoms with Crippen molar-refractivity contribution in [1.29, 1.82) is 0 Å². The molecular formula is C18H15F4NO4. The van der Waals surface area contributed by atoms with Crippen molar-refractivity contribution in [3.05, 3.63) is 57.7 Å². The van der Waals surface area contributed by atoms with Gasteiger partial charge in [0.1, 0.15) is 19.1 Å². The van der Waals surface area contributed by atoms with E-state index in [0.717, 1.165) is 13.2 Å². The molecule has 0 amide bonds. The fourth-order valence-electron chi connectivity index (χ4n) is 3.36. The lowest BCUT2D eigenvalue weighted by atomic mass is 9.78. The van der Waals surface area contributed by atoms with E-state index in [4.69, 9.17) is 4.74 Å². The van der Waals surface area contributed by atoms with Crippen LogP contribution in [0.5, 0.6) is 0 Å². The van der Waals surface area contributed by atoms with Crippen molar-refractivity contribution in [2.75, 3.05) is 20.4 Å². The quantitative estimate of drug-likeness (QED) is 0.623. The molecular weight excluding hydrogens is 370 g/mol. The van der Waals surface area contributed by atoms with Gasteiger partial charge in [-0.1, -0.05) is 12.1 Å². The van der Waals surface area contributed by atoms with Gasteiger partial charge in [-0.15, -0.1) is 0 Å². The first-order valence-electron chi connectivity index (χ1n) is 7.99. The first-order chi connectivity index (χ1) is 12.9. The summed E-state index contributed by atoms with van der Waals surface area (Å²) in [4.78, 5) is 24.6. The molecule has 0 unspecified atom stereocenters. The van der Waals surface area contributed by atoms with Gasteiger partial charge in [0.15, 0.2) is 0 Å². The molecule has 27 heavy (non-hydrogen) atoms. The van der Waals surface area contributed by atoms with E-state index < -0.39 is 43.2 Å². The minimum absolute atomic E-state index is 0.0329. The maximum absolute atomic E-state index is 14.3. The van der Waals surface area contributed by atoms with Crippen LogP contribution in [0.2, 0.25) is 0 Å². The molecule has 0 fully saturated rings. The summed E-state index contributed by atoms with van der Waals surface area (Å²) in [5.74, 6) is -3.95. The van der Waals surface area contributed by atoms with Crippen molar-refractivity contribution >= 4 is 11.9 Å². The number of esters is 2. The first-order valence-corrected chi connectivity index (χ1v) is 7.99. The Balaban J connectivity index is 2.27. The molecule has 1 aromatic carbocycles. The lowest BCUT2D eigenvalue weighted by Gasteiger charge is -2.29. The van der Waals surface area contributed by atoms with E-state index in [1.54, 1.807) is 0 Å². The highest BCUT2D eigenvalue weighted by Crippen LogP contribution is 2.43. The van der Waals surface area contributed by atoms with Crippen LogP contribution >= 0.6 is 0 Å². The van der Waals surface area contributed by atoms with Gasteiger partial charge in [-0.05, 0) is 17.2 Å². The minimum Gasteiger partial charge on any atom is -0.466 e. The minimum atomic E-state index is -2.86. The Morgan fingerprint density at radius 2 is 2.15 bits per heavy atom. The van der Waals surface area contributed by atoms with Gasteiger partial charge >= 0.3 is 11.9 Å². The van der Waals surface area contributed by atoms with Crippen LogP contribution in [0.25, 0.3) is 0 Å². The Morgan fingerprint density at radius 3 is 2.78 bits per heavy atom. The van der Waals surface area contributed by atoms with E-state index in [1.165, 1.54) is 12.1 Å². The summed E-state index contributed by atoms with van der Waals surface area (Å²) >= 11 is 0. The average molecular weight is 385 g/mol. The molecule has 2 heterocycles. The number of hydrogen-bond acceptors (Lipinski definition) is 5. The molecule has 5 nitrogen and oxygen atoms in total. The fourth-order valence-corrected chi connectivity index (χ4v) is 3.36. The topological polar surface area (TPSA) is 64.6 Å². The van der Waals surface area contributed by atoms with Crippen LogP contribution in [0.4, 0.5) is 17.6 Å². The molecule has 2 aliphatic heterocycles. The number of methoxy groups -OCH3 is 1. The highest BCUT2D eigenvalue weighted by molar-refractivity contribution is 6.01. The third-order valence-electron chi connectivity index (χ3n) is 4.46. The van der Waals surface area contributed by atoms with Crippen LogP contribution in [0.15, 0.2) is 40.7 Å². The molecule has 0 aromatic heterocycles. The van der Waals surface area contributed by atoms with Gasteiger partial charge in [0.2, 0.25) is 6.43 Å². The lowest BCUT2D eigenvalue weighted by molar-refractivity contribution is -0.136. The number of nitrogens with one attached hydrogen (secondary N) is 1. The number of allylic oxidation sites excluding steroid dienone is 1. The van der Waals surface area contributed by atoms with Gasteiger partial charge in [0.05, 0.1) is 35.6 Å². The average Bonchev–Trinajstić information content (AvgIpc) is 3.01. The summed E-state index contributed by atoms with van der Waals surface area (Å²) in [7, 11) is 1.06. The molecule has 0 aliphatic carbocycles. The van der Waals surface area contributed by atoms with Crippen LogP contribution in [-0.4, -0.2) is 38.8 Å². The van der Waals surface area contributed by atoms with Gasteiger partial charge in [0.25, 0.3) is 0 Å². The number of alkyl halides is 3. The molecule has 144 valence electrons. The van der Waals surface area contributed by atoms with Crippen molar-refractivity contribution in [2.24, 2.45) is 0 Å². The number of benzene rings is 1. The van der Waals surface area contributed by atoms with E-state index in [-0.39, 0.29) is 40.3 Å². The number of hydrogen-bond donors (Lipinski definition) is 1. The maximum atomic E-state index is 14.3. The molecule has 1 N–H and O–H groups in total. The van der Waals surface area contributed by atoms with Gasteiger partial charge in [-0.25, -0.2) is 27.2 Å². The maximum Gasteiger partial charge on any atom is 0.337 e. The van der Waals surface area contributed by atoms with Crippen LogP contribution < -0.4 is 5.32 Å². The molecule has 1 atom stereocenters. The first kappa shape index (κ1) is 18.9. The third kappa shape index (κ3) is 3.29. The second-order valence-electron chi connectivity index (χ2n) is 5.95. The summed E-state index contributed by atoms with van der Waals surface area (Å²) < 4.78 is 63.5. The molecule has 0 radical (unpaired) electrons. The molecule has 9 heteroatoms. The smallest absolute Gasteiger partial charge is 0.337 e. The van der Waals surface area contributed by atoms with E-state index in [1.807, 2.05) is 0 Å². The Bertz CT molecular complexity index is 863. The van der Waals surface area contributed by atoms with Crippen LogP contribution in [0, 0.1) is 5.82 Å². The van der Waals surface area contributed by atoms with Gasteiger partial charge in [-0.3, -0.25) is 0 Å². The van der Waals surface area contributed by atoms with Crippen molar-refractivity contribution in [2.45, 2.75) is 18.8 Å². The van der Waals surface area contributed by atoms with E-state index in [0.29, 0.717) is 0 Å². The summed E-state index contributed by atoms with van der Waals surface area (Å²) in [6, 6.07) is 3.60. The molecule has 0 spiro atoms. The number of carbonyl (C=O) groups is 2. The predicted molar refractivity (Wildman–Crippen MR) is 85.0 cm³/mol. The molecule has 1 aromatic rings. The highest BCUT2D eigenvalue weighted by atomic mass is 19.3. The van der Waals surface area contributed by atoms with Crippen molar-refractivity contribution in [3.63, 3.8) is 0 Å². The number of carbonyl (C=O) groups excluding carboxylic acids is 2. The Morgan fingerprint density at radius 1 is 1.41 bits per heavy atom. The normalized spacial score (nSPS) is 19.2. The number of halogens is 4. The van der Waals surface area contributed by atoms with Crippen molar-refractivity contribution in [3.8, 4) is 0 Å². The second kappa shape index (κ2) is 7.42. The standard InChI is InChI=1S/C18H15F4NO4/c1-26-17(24)15-11(6-19)23-12-7-27-18(25)16(12)14(15)8-3-2-4-10(20)9(8)5-13(21)22/h2-4,13-14,23H,5-7H2,1H3/t14-/m1/s1. The van der Waals surface area contributed by atoms with Gasteiger partial charge in [-0.2, -0.15) is 0 Å². The van der Waals surface area contributed by atoms with Crippen molar-refractivity contribution < 1.29 is 36.6 Å². The van der Waals surface area contributed by atoms with Crippen LogP contribution in [-0.2, 0) is 25.5 Å². The highest BCUT2D eigenvalue weighted by Gasteiger charge is 2.43. The number of rotatable bonds is 5. The lowest BCUT2D eigenvalue weighted by Crippen LogP contribution is -2.32. The zero-order chi connectivity index (χ0) is 19.7. The number of dihydropyridines is 1. The molecule has 2 aliphatic rings. The molecule has 0 bridgehead atoms. The third-order valence-corrected chi connectivity index (χ3v) is 4.46. The Kier molecular flexibility index (Phi) is 5.20. The van der Waals surface area contributed by atoms with Gasteiger partial charge in [0, 0.05) is 6.42 Å². The number of ether oxygens (including phenoxy) is 2. The summed E-state index contributed by atoms with van der Waals surface area (Å²) in [6.45, 7) is -1.30. The van der Waals surface area contributed by atoms with E-state index in [2.05, 4.69) is 10.1 Å². The summed E-state index contributed by atoms with van der Waals surface area (Å²) in [5.41, 5.74) is -0.693.